The summed E-state index contributed by atoms with van der Waals surface area (Å²) in [7, 11) is 0. The van der Waals surface area contributed by atoms with Gasteiger partial charge in [0.2, 0.25) is 0 Å². The van der Waals surface area contributed by atoms with Gasteiger partial charge in [-0.25, -0.2) is 4.39 Å². The molecule has 2 N–H and O–H groups in total. The maximum atomic E-state index is 12.9. The SMILES string of the molecule is CC(C)CC(CN)Cc1ccc(F)cc1Br. The van der Waals surface area contributed by atoms with Gasteiger partial charge in [0.1, 0.15) is 5.82 Å². The Labute approximate surface area is 105 Å². The Morgan fingerprint density at radius 1 is 1.38 bits per heavy atom. The Hall–Kier alpha value is -0.410. The standard InChI is InChI=1S/C13H19BrFN/c1-9(2)5-10(8-16)6-11-3-4-12(15)7-13(11)14/h3-4,7,9-10H,5-6,8,16H2,1-2H3. The zero-order valence-electron chi connectivity index (χ0n) is 9.84. The second-order valence-electron chi connectivity index (χ2n) is 4.67. The second-order valence-corrected chi connectivity index (χ2v) is 5.53. The van der Waals surface area contributed by atoms with Gasteiger partial charge in [0.25, 0.3) is 0 Å². The third kappa shape index (κ3) is 4.22. The van der Waals surface area contributed by atoms with Crippen LogP contribution < -0.4 is 5.73 Å². The molecule has 1 aromatic rings. The number of hydrogen-bond donors (Lipinski definition) is 1. The molecule has 0 bridgehead atoms. The molecule has 1 nitrogen and oxygen atoms in total. The van der Waals surface area contributed by atoms with E-state index in [9.17, 15) is 4.39 Å². The molecule has 0 saturated heterocycles. The minimum atomic E-state index is -0.205. The van der Waals surface area contributed by atoms with Gasteiger partial charge in [-0.1, -0.05) is 35.8 Å². The van der Waals surface area contributed by atoms with Gasteiger partial charge >= 0.3 is 0 Å². The van der Waals surface area contributed by atoms with Gasteiger partial charge in [-0.3, -0.25) is 0 Å². The average Bonchev–Trinajstić information content (AvgIpc) is 2.20. The molecule has 1 unspecified atom stereocenters. The first-order valence-electron chi connectivity index (χ1n) is 5.67. The summed E-state index contributed by atoms with van der Waals surface area (Å²) in [6.45, 7) is 5.08. The van der Waals surface area contributed by atoms with Gasteiger partial charge < -0.3 is 5.73 Å². The average molecular weight is 288 g/mol. The maximum Gasteiger partial charge on any atom is 0.124 e. The topological polar surface area (TPSA) is 26.0 Å². The van der Waals surface area contributed by atoms with Gasteiger partial charge in [-0.15, -0.1) is 0 Å². The van der Waals surface area contributed by atoms with E-state index in [2.05, 4.69) is 29.8 Å². The molecule has 0 radical (unpaired) electrons. The predicted molar refractivity (Wildman–Crippen MR) is 69.8 cm³/mol. The van der Waals surface area contributed by atoms with Crippen LogP contribution in [0, 0.1) is 17.7 Å². The van der Waals surface area contributed by atoms with E-state index in [1.165, 1.54) is 12.1 Å². The monoisotopic (exact) mass is 287 g/mol. The molecule has 0 aliphatic heterocycles. The van der Waals surface area contributed by atoms with Crippen LogP contribution in [0.2, 0.25) is 0 Å². The van der Waals surface area contributed by atoms with Gasteiger partial charge in [0.15, 0.2) is 0 Å². The summed E-state index contributed by atoms with van der Waals surface area (Å²) < 4.78 is 13.8. The predicted octanol–water partition coefficient (Wildman–Crippen LogP) is 3.75. The summed E-state index contributed by atoms with van der Waals surface area (Å²) in [5.74, 6) is 0.915. The Morgan fingerprint density at radius 2 is 2.06 bits per heavy atom. The van der Waals surface area contributed by atoms with E-state index in [1.807, 2.05) is 6.07 Å². The highest BCUT2D eigenvalue weighted by molar-refractivity contribution is 9.10. The fraction of sp³-hybridized carbons (Fsp3) is 0.538. The van der Waals surface area contributed by atoms with E-state index in [-0.39, 0.29) is 5.82 Å². The van der Waals surface area contributed by atoms with Crippen molar-refractivity contribution in [3.05, 3.63) is 34.1 Å². The van der Waals surface area contributed by atoms with Gasteiger partial charge in [-0.2, -0.15) is 0 Å². The molecule has 0 aliphatic rings. The van der Waals surface area contributed by atoms with Crippen molar-refractivity contribution in [1.82, 2.24) is 0 Å². The molecule has 0 aromatic heterocycles. The third-order valence-corrected chi connectivity index (χ3v) is 3.40. The highest BCUT2D eigenvalue weighted by Crippen LogP contribution is 2.23. The number of nitrogens with two attached hydrogens (primary N) is 1. The van der Waals surface area contributed by atoms with E-state index in [0.717, 1.165) is 22.9 Å². The molecule has 16 heavy (non-hydrogen) atoms. The van der Waals surface area contributed by atoms with E-state index in [1.54, 1.807) is 0 Å². The maximum absolute atomic E-state index is 12.9. The lowest BCUT2D eigenvalue weighted by Gasteiger charge is -2.17. The highest BCUT2D eigenvalue weighted by atomic mass is 79.9. The second kappa shape index (κ2) is 6.36. The molecule has 3 heteroatoms. The summed E-state index contributed by atoms with van der Waals surface area (Å²) in [5.41, 5.74) is 6.90. The van der Waals surface area contributed by atoms with Crippen molar-refractivity contribution in [1.29, 1.82) is 0 Å². The van der Waals surface area contributed by atoms with Crippen LogP contribution in [0.15, 0.2) is 22.7 Å². The van der Waals surface area contributed by atoms with Gasteiger partial charge in [0.05, 0.1) is 0 Å². The molecule has 0 spiro atoms. The van der Waals surface area contributed by atoms with Crippen LogP contribution in [-0.2, 0) is 6.42 Å². The molecule has 0 amide bonds. The Morgan fingerprint density at radius 3 is 2.56 bits per heavy atom. The van der Waals surface area contributed by atoms with Crippen LogP contribution in [0.4, 0.5) is 4.39 Å². The van der Waals surface area contributed by atoms with Crippen molar-refractivity contribution in [2.24, 2.45) is 17.6 Å². The van der Waals surface area contributed by atoms with Crippen LogP contribution >= 0.6 is 15.9 Å². The molecule has 0 aliphatic carbocycles. The van der Waals surface area contributed by atoms with E-state index < -0.39 is 0 Å². The van der Waals surface area contributed by atoms with Crippen LogP contribution in [-0.4, -0.2) is 6.54 Å². The summed E-state index contributed by atoms with van der Waals surface area (Å²) in [6.07, 6.45) is 2.02. The van der Waals surface area contributed by atoms with Gasteiger partial charge in [-0.05, 0) is 48.9 Å². The van der Waals surface area contributed by atoms with Crippen LogP contribution in [0.1, 0.15) is 25.8 Å². The number of hydrogen-bond acceptors (Lipinski definition) is 1. The third-order valence-electron chi connectivity index (χ3n) is 2.66. The summed E-state index contributed by atoms with van der Waals surface area (Å²) in [6, 6.07) is 4.85. The van der Waals surface area contributed by atoms with E-state index in [4.69, 9.17) is 5.73 Å². The Bertz CT molecular complexity index is 339. The lowest BCUT2D eigenvalue weighted by molar-refractivity contribution is 0.414. The molecule has 1 aromatic carbocycles. The van der Waals surface area contributed by atoms with Crippen molar-refractivity contribution in [2.75, 3.05) is 6.54 Å². The molecule has 0 heterocycles. The first-order valence-corrected chi connectivity index (χ1v) is 6.46. The van der Waals surface area contributed by atoms with Crippen LogP contribution in [0.25, 0.3) is 0 Å². The van der Waals surface area contributed by atoms with E-state index in [0.29, 0.717) is 18.4 Å². The van der Waals surface area contributed by atoms with Crippen LogP contribution in [0.5, 0.6) is 0 Å². The van der Waals surface area contributed by atoms with Crippen molar-refractivity contribution in [3.8, 4) is 0 Å². The lowest BCUT2D eigenvalue weighted by Crippen LogP contribution is -2.19. The first kappa shape index (κ1) is 13.7. The van der Waals surface area contributed by atoms with Crippen LogP contribution in [0.3, 0.4) is 0 Å². The normalized spacial score (nSPS) is 13.1. The van der Waals surface area contributed by atoms with Crippen molar-refractivity contribution in [2.45, 2.75) is 26.7 Å². The quantitative estimate of drug-likeness (QED) is 0.877. The molecule has 1 rings (SSSR count). The molecule has 90 valence electrons. The van der Waals surface area contributed by atoms with Gasteiger partial charge in [0, 0.05) is 4.47 Å². The Balaban J connectivity index is 2.70. The van der Waals surface area contributed by atoms with Crippen molar-refractivity contribution < 1.29 is 4.39 Å². The molecular weight excluding hydrogens is 269 g/mol. The fourth-order valence-corrected chi connectivity index (χ4v) is 2.44. The minimum Gasteiger partial charge on any atom is -0.330 e. The molecule has 0 fully saturated rings. The van der Waals surface area contributed by atoms with Crippen molar-refractivity contribution >= 4 is 15.9 Å². The Kier molecular flexibility index (Phi) is 5.42. The zero-order chi connectivity index (χ0) is 12.1. The first-order chi connectivity index (χ1) is 7.52. The lowest BCUT2D eigenvalue weighted by atomic mass is 9.91. The fourth-order valence-electron chi connectivity index (χ4n) is 1.93. The highest BCUT2D eigenvalue weighted by Gasteiger charge is 2.12. The summed E-state index contributed by atoms with van der Waals surface area (Å²) in [4.78, 5) is 0. The summed E-state index contributed by atoms with van der Waals surface area (Å²) >= 11 is 3.39. The summed E-state index contributed by atoms with van der Waals surface area (Å²) in [5, 5.41) is 0. The molecular formula is C13H19BrFN. The largest absolute Gasteiger partial charge is 0.330 e. The zero-order valence-corrected chi connectivity index (χ0v) is 11.4. The smallest absolute Gasteiger partial charge is 0.124 e. The number of benzene rings is 1. The molecule has 0 saturated carbocycles. The number of rotatable bonds is 5. The number of halogens is 2. The van der Waals surface area contributed by atoms with Crippen molar-refractivity contribution in [3.63, 3.8) is 0 Å². The molecule has 1 atom stereocenters. The minimum absolute atomic E-state index is 0.205. The van der Waals surface area contributed by atoms with E-state index >= 15 is 0 Å².